The molecule has 0 saturated heterocycles. The summed E-state index contributed by atoms with van der Waals surface area (Å²) in [6, 6.07) is 10.8. The van der Waals surface area contributed by atoms with Crippen molar-refractivity contribution in [2.45, 2.75) is 6.92 Å². The molecule has 0 aliphatic rings. The van der Waals surface area contributed by atoms with Gasteiger partial charge in [0.2, 0.25) is 0 Å². The van der Waals surface area contributed by atoms with Crippen LogP contribution in [0, 0.1) is 6.92 Å². The van der Waals surface area contributed by atoms with Crippen LogP contribution in [-0.4, -0.2) is 15.1 Å². The molecule has 2 N–H and O–H groups in total. The molecule has 0 spiro atoms. The summed E-state index contributed by atoms with van der Waals surface area (Å²) < 4.78 is 0. The molecule has 0 unspecified atom stereocenters. The molecule has 1 heterocycles. The standard InChI is InChI=1S/C14H11ClN2O/c1-8-6-10(18)3-4-11(8)14-16-12-5-2-9(15)7-13(12)17-14/h2-7,18H,1H3,(H,16,17). The zero-order valence-corrected chi connectivity index (χ0v) is 10.5. The summed E-state index contributed by atoms with van der Waals surface area (Å²) in [6.45, 7) is 1.94. The molecular weight excluding hydrogens is 248 g/mol. The number of rotatable bonds is 1. The van der Waals surface area contributed by atoms with Crippen molar-refractivity contribution in [2.75, 3.05) is 0 Å². The van der Waals surface area contributed by atoms with Crippen LogP contribution in [0.4, 0.5) is 0 Å². The molecule has 3 nitrogen and oxygen atoms in total. The number of phenols is 1. The second-order valence-corrected chi connectivity index (χ2v) is 4.68. The Morgan fingerprint density at radius 2 is 2.00 bits per heavy atom. The summed E-state index contributed by atoms with van der Waals surface area (Å²) >= 11 is 5.95. The number of hydrogen-bond acceptors (Lipinski definition) is 2. The smallest absolute Gasteiger partial charge is 0.138 e. The number of imidazole rings is 1. The fourth-order valence-corrected chi connectivity index (χ4v) is 2.20. The number of nitrogens with one attached hydrogen (secondary N) is 1. The first kappa shape index (κ1) is 11.1. The summed E-state index contributed by atoms with van der Waals surface area (Å²) in [5, 5.41) is 10.1. The molecule has 2 aromatic carbocycles. The second kappa shape index (κ2) is 4.03. The lowest BCUT2D eigenvalue weighted by atomic mass is 10.1. The van der Waals surface area contributed by atoms with Gasteiger partial charge in [-0.05, 0) is 48.9 Å². The molecule has 0 radical (unpaired) electrons. The van der Waals surface area contributed by atoms with Crippen molar-refractivity contribution in [3.8, 4) is 17.1 Å². The highest BCUT2D eigenvalue weighted by Crippen LogP contribution is 2.27. The lowest BCUT2D eigenvalue weighted by Gasteiger charge is -2.02. The van der Waals surface area contributed by atoms with Gasteiger partial charge in [0.25, 0.3) is 0 Å². The number of aromatic nitrogens is 2. The maximum atomic E-state index is 9.41. The van der Waals surface area contributed by atoms with Gasteiger partial charge in [0.05, 0.1) is 11.0 Å². The van der Waals surface area contributed by atoms with E-state index < -0.39 is 0 Å². The molecule has 0 fully saturated rings. The van der Waals surface area contributed by atoms with E-state index in [9.17, 15) is 5.11 Å². The van der Waals surface area contributed by atoms with Gasteiger partial charge in [-0.2, -0.15) is 0 Å². The molecule has 4 heteroatoms. The maximum absolute atomic E-state index is 9.41. The van der Waals surface area contributed by atoms with E-state index in [2.05, 4.69) is 9.97 Å². The first-order valence-electron chi connectivity index (χ1n) is 5.59. The van der Waals surface area contributed by atoms with Crippen molar-refractivity contribution in [2.24, 2.45) is 0 Å². The van der Waals surface area contributed by atoms with E-state index in [4.69, 9.17) is 11.6 Å². The van der Waals surface area contributed by atoms with Gasteiger partial charge in [-0.15, -0.1) is 0 Å². The molecule has 0 atom stereocenters. The highest BCUT2D eigenvalue weighted by Gasteiger charge is 2.08. The molecule has 90 valence electrons. The Bertz CT molecular complexity index is 734. The van der Waals surface area contributed by atoms with E-state index in [1.165, 1.54) is 0 Å². The summed E-state index contributed by atoms with van der Waals surface area (Å²) in [7, 11) is 0. The molecule has 0 aliphatic carbocycles. The molecule has 1 aromatic heterocycles. The number of aryl methyl sites for hydroxylation is 1. The summed E-state index contributed by atoms with van der Waals surface area (Å²) in [6.07, 6.45) is 0. The lowest BCUT2D eigenvalue weighted by molar-refractivity contribution is 0.475. The quantitative estimate of drug-likeness (QED) is 0.695. The van der Waals surface area contributed by atoms with E-state index in [0.717, 1.165) is 28.0 Å². The average Bonchev–Trinajstić information content (AvgIpc) is 2.71. The number of phenolic OH excluding ortho intramolecular Hbond substituents is 1. The van der Waals surface area contributed by atoms with Gasteiger partial charge >= 0.3 is 0 Å². The highest BCUT2D eigenvalue weighted by atomic mass is 35.5. The van der Waals surface area contributed by atoms with Gasteiger partial charge < -0.3 is 10.1 Å². The Hall–Kier alpha value is -2.00. The monoisotopic (exact) mass is 258 g/mol. The summed E-state index contributed by atoms with van der Waals surface area (Å²) in [5.74, 6) is 1.04. The number of fused-ring (bicyclic) bond motifs is 1. The second-order valence-electron chi connectivity index (χ2n) is 4.25. The van der Waals surface area contributed by atoms with Gasteiger partial charge in [-0.25, -0.2) is 4.98 Å². The lowest BCUT2D eigenvalue weighted by Crippen LogP contribution is -1.84. The van der Waals surface area contributed by atoms with Crippen molar-refractivity contribution >= 4 is 22.6 Å². The van der Waals surface area contributed by atoms with Gasteiger partial charge in [-0.3, -0.25) is 0 Å². The maximum Gasteiger partial charge on any atom is 0.138 e. The fourth-order valence-electron chi connectivity index (χ4n) is 2.02. The van der Waals surface area contributed by atoms with Crippen LogP contribution >= 0.6 is 11.6 Å². The number of aromatic hydroxyl groups is 1. The van der Waals surface area contributed by atoms with Gasteiger partial charge in [0.1, 0.15) is 11.6 Å². The van der Waals surface area contributed by atoms with Crippen LogP contribution in [0.1, 0.15) is 5.56 Å². The van der Waals surface area contributed by atoms with E-state index in [1.54, 1.807) is 12.1 Å². The molecule has 0 saturated carbocycles. The van der Waals surface area contributed by atoms with Gasteiger partial charge in [0.15, 0.2) is 0 Å². The molecular formula is C14H11ClN2O. The SMILES string of the molecule is Cc1cc(O)ccc1-c1nc2ccc(Cl)cc2[nH]1. The Balaban J connectivity index is 2.19. The van der Waals surface area contributed by atoms with Crippen LogP contribution in [0.15, 0.2) is 36.4 Å². The van der Waals surface area contributed by atoms with Crippen LogP contribution in [0.25, 0.3) is 22.4 Å². The predicted molar refractivity (Wildman–Crippen MR) is 72.9 cm³/mol. The number of benzene rings is 2. The Kier molecular flexibility index (Phi) is 2.49. The van der Waals surface area contributed by atoms with E-state index in [-0.39, 0.29) is 5.75 Å². The number of halogens is 1. The zero-order chi connectivity index (χ0) is 12.7. The topological polar surface area (TPSA) is 48.9 Å². The van der Waals surface area contributed by atoms with E-state index >= 15 is 0 Å². The highest BCUT2D eigenvalue weighted by molar-refractivity contribution is 6.31. The first-order chi connectivity index (χ1) is 8.63. The summed E-state index contributed by atoms with van der Waals surface area (Å²) in [5.41, 5.74) is 3.73. The van der Waals surface area contributed by atoms with Crippen molar-refractivity contribution in [3.05, 3.63) is 47.0 Å². The molecule has 3 aromatic rings. The van der Waals surface area contributed by atoms with Gasteiger partial charge in [0, 0.05) is 10.6 Å². The van der Waals surface area contributed by atoms with Crippen molar-refractivity contribution < 1.29 is 5.11 Å². The molecule has 0 bridgehead atoms. The number of H-pyrrole nitrogens is 1. The Labute approximate surface area is 109 Å². The van der Waals surface area contributed by atoms with Gasteiger partial charge in [-0.1, -0.05) is 11.6 Å². The van der Waals surface area contributed by atoms with E-state index in [1.807, 2.05) is 31.2 Å². The van der Waals surface area contributed by atoms with Crippen molar-refractivity contribution in [1.82, 2.24) is 9.97 Å². The minimum absolute atomic E-state index is 0.260. The normalized spacial score (nSPS) is 11.0. The minimum atomic E-state index is 0.260. The number of aromatic amines is 1. The average molecular weight is 259 g/mol. The largest absolute Gasteiger partial charge is 0.508 e. The number of nitrogens with zero attached hydrogens (tertiary/aromatic N) is 1. The van der Waals surface area contributed by atoms with Crippen molar-refractivity contribution in [1.29, 1.82) is 0 Å². The van der Waals surface area contributed by atoms with Crippen LogP contribution in [0.3, 0.4) is 0 Å². The van der Waals surface area contributed by atoms with E-state index in [0.29, 0.717) is 5.02 Å². The van der Waals surface area contributed by atoms with Crippen LogP contribution in [-0.2, 0) is 0 Å². The molecule has 3 rings (SSSR count). The van der Waals surface area contributed by atoms with Crippen molar-refractivity contribution in [3.63, 3.8) is 0 Å². The predicted octanol–water partition coefficient (Wildman–Crippen LogP) is 3.90. The van der Waals surface area contributed by atoms with Crippen LogP contribution in [0.2, 0.25) is 5.02 Å². The minimum Gasteiger partial charge on any atom is -0.508 e. The Morgan fingerprint density at radius 3 is 2.78 bits per heavy atom. The molecule has 18 heavy (non-hydrogen) atoms. The Morgan fingerprint density at radius 1 is 1.17 bits per heavy atom. The third-order valence-corrected chi connectivity index (χ3v) is 3.14. The third kappa shape index (κ3) is 1.83. The third-order valence-electron chi connectivity index (χ3n) is 2.91. The molecule has 0 amide bonds. The first-order valence-corrected chi connectivity index (χ1v) is 5.96. The zero-order valence-electron chi connectivity index (χ0n) is 9.74. The number of hydrogen-bond donors (Lipinski definition) is 2. The summed E-state index contributed by atoms with van der Waals surface area (Å²) in [4.78, 5) is 7.75. The fraction of sp³-hybridized carbons (Fsp3) is 0.0714. The molecule has 0 aliphatic heterocycles. The van der Waals surface area contributed by atoms with Crippen LogP contribution < -0.4 is 0 Å². The van der Waals surface area contributed by atoms with Crippen LogP contribution in [0.5, 0.6) is 5.75 Å².